The van der Waals surface area contributed by atoms with Crippen molar-refractivity contribution in [2.75, 3.05) is 6.54 Å². The molecule has 5 aliphatic rings. The average molecular weight is 327 g/mol. The Hall–Kier alpha value is -1.38. The minimum absolute atomic E-state index is 0.162. The van der Waals surface area contributed by atoms with E-state index in [2.05, 4.69) is 4.90 Å². The molecule has 1 aromatic carbocycles. The van der Waals surface area contributed by atoms with Crippen molar-refractivity contribution in [1.82, 2.24) is 4.90 Å². The van der Waals surface area contributed by atoms with Crippen LogP contribution in [0, 0.1) is 35.4 Å². The van der Waals surface area contributed by atoms with E-state index in [0.29, 0.717) is 17.7 Å². The highest BCUT2D eigenvalue weighted by Crippen LogP contribution is 2.57. The monoisotopic (exact) mass is 327 g/mol. The molecule has 0 N–H and O–H groups in total. The zero-order chi connectivity index (χ0) is 16.3. The van der Waals surface area contributed by atoms with Gasteiger partial charge in [-0.15, -0.1) is 0 Å². The fourth-order valence-electron chi connectivity index (χ4n) is 6.58. The summed E-state index contributed by atoms with van der Waals surface area (Å²) >= 11 is 0. The molecule has 0 aromatic heterocycles. The van der Waals surface area contributed by atoms with Crippen molar-refractivity contribution in [3.63, 3.8) is 0 Å². The van der Waals surface area contributed by atoms with E-state index in [1.54, 1.807) is 0 Å². The van der Waals surface area contributed by atoms with Gasteiger partial charge in [-0.2, -0.15) is 0 Å². The number of carbonyl (C=O) groups excluding carboxylic acids is 1. The number of rotatable bonds is 2. The summed E-state index contributed by atoms with van der Waals surface area (Å²) < 4.78 is 13.2. The van der Waals surface area contributed by atoms with Crippen molar-refractivity contribution >= 4 is 5.91 Å². The van der Waals surface area contributed by atoms with E-state index in [1.165, 1.54) is 44.2 Å². The minimum atomic E-state index is -0.198. The summed E-state index contributed by atoms with van der Waals surface area (Å²) in [5, 5.41) is 0. The molecule has 4 bridgehead atoms. The second-order valence-corrected chi connectivity index (χ2v) is 8.70. The van der Waals surface area contributed by atoms with Crippen LogP contribution in [0.4, 0.5) is 4.39 Å². The van der Waals surface area contributed by atoms with Crippen molar-refractivity contribution in [3.8, 4) is 0 Å². The Bertz CT molecular complexity index is 612. The summed E-state index contributed by atoms with van der Waals surface area (Å²) in [5.41, 5.74) is 1.10. The lowest BCUT2D eigenvalue weighted by atomic mass is 9.51. The van der Waals surface area contributed by atoms with Gasteiger partial charge in [0.2, 0.25) is 5.91 Å². The van der Waals surface area contributed by atoms with Crippen LogP contribution in [0.2, 0.25) is 0 Å². The molecule has 1 amide bonds. The van der Waals surface area contributed by atoms with Gasteiger partial charge in [0.05, 0.1) is 6.04 Å². The van der Waals surface area contributed by atoms with Gasteiger partial charge in [0, 0.05) is 12.5 Å². The molecule has 24 heavy (non-hydrogen) atoms. The van der Waals surface area contributed by atoms with E-state index < -0.39 is 0 Å². The van der Waals surface area contributed by atoms with E-state index in [0.717, 1.165) is 36.8 Å². The Morgan fingerprint density at radius 3 is 2.21 bits per heavy atom. The summed E-state index contributed by atoms with van der Waals surface area (Å²) in [7, 11) is 0. The van der Waals surface area contributed by atoms with Crippen LogP contribution in [0.3, 0.4) is 0 Å². The van der Waals surface area contributed by atoms with E-state index >= 15 is 0 Å². The fourth-order valence-corrected chi connectivity index (χ4v) is 6.58. The number of hydrogen-bond donors (Lipinski definition) is 0. The van der Waals surface area contributed by atoms with E-state index in [9.17, 15) is 9.18 Å². The predicted molar refractivity (Wildman–Crippen MR) is 90.6 cm³/mol. The van der Waals surface area contributed by atoms with Crippen LogP contribution in [0.15, 0.2) is 24.3 Å². The molecular formula is C21H26FNO. The van der Waals surface area contributed by atoms with Crippen LogP contribution in [0.25, 0.3) is 0 Å². The van der Waals surface area contributed by atoms with Gasteiger partial charge < -0.3 is 4.90 Å². The molecule has 0 radical (unpaired) electrons. The lowest BCUT2D eigenvalue weighted by molar-refractivity contribution is -0.150. The first kappa shape index (κ1) is 14.9. The number of benzene rings is 1. The number of carbonyl (C=O) groups is 1. The number of hydrogen-bond acceptors (Lipinski definition) is 1. The summed E-state index contributed by atoms with van der Waals surface area (Å²) in [6.45, 7) is 0.879. The van der Waals surface area contributed by atoms with Gasteiger partial charge in [-0.3, -0.25) is 4.79 Å². The minimum Gasteiger partial charge on any atom is -0.335 e. The molecule has 1 aliphatic heterocycles. The number of likely N-dealkylation sites (tertiary alicyclic amines) is 1. The molecule has 2 nitrogen and oxygen atoms in total. The van der Waals surface area contributed by atoms with Gasteiger partial charge in [0.15, 0.2) is 0 Å². The first-order chi connectivity index (χ1) is 11.7. The van der Waals surface area contributed by atoms with Crippen LogP contribution in [-0.4, -0.2) is 17.4 Å². The Balaban J connectivity index is 1.39. The average Bonchev–Trinajstić information content (AvgIpc) is 3.04. The first-order valence-corrected chi connectivity index (χ1v) is 9.75. The topological polar surface area (TPSA) is 20.3 Å². The van der Waals surface area contributed by atoms with Gasteiger partial charge >= 0.3 is 0 Å². The Kier molecular flexibility index (Phi) is 3.46. The standard InChI is InChI=1S/C21H26FNO/c22-18-5-3-15(4-6-18)19-2-1-7-23(19)21(24)20-16-9-13-8-14(11-16)12-17(20)10-13/h3-6,13-14,16-17,19-20H,1-2,7-12H2. The number of halogens is 1. The lowest BCUT2D eigenvalue weighted by Gasteiger charge is -2.54. The first-order valence-electron chi connectivity index (χ1n) is 9.75. The van der Waals surface area contributed by atoms with Crippen molar-refractivity contribution in [3.05, 3.63) is 35.6 Å². The van der Waals surface area contributed by atoms with Gasteiger partial charge in [0.25, 0.3) is 0 Å². The molecule has 1 aromatic rings. The van der Waals surface area contributed by atoms with Crippen molar-refractivity contribution in [2.45, 2.75) is 51.0 Å². The van der Waals surface area contributed by atoms with E-state index in [4.69, 9.17) is 0 Å². The van der Waals surface area contributed by atoms with Gasteiger partial charge in [-0.1, -0.05) is 12.1 Å². The zero-order valence-electron chi connectivity index (χ0n) is 14.2. The van der Waals surface area contributed by atoms with Crippen molar-refractivity contribution < 1.29 is 9.18 Å². The van der Waals surface area contributed by atoms with Crippen LogP contribution in [0.5, 0.6) is 0 Å². The molecule has 1 atom stereocenters. The maximum absolute atomic E-state index is 13.4. The fraction of sp³-hybridized carbons (Fsp3) is 0.667. The third kappa shape index (κ3) is 2.31. The molecule has 3 heteroatoms. The quantitative estimate of drug-likeness (QED) is 0.779. The van der Waals surface area contributed by atoms with E-state index in [-0.39, 0.29) is 17.8 Å². The largest absolute Gasteiger partial charge is 0.335 e. The number of amides is 1. The molecule has 4 aliphatic carbocycles. The van der Waals surface area contributed by atoms with Crippen LogP contribution < -0.4 is 0 Å². The summed E-state index contributed by atoms with van der Waals surface area (Å²) in [6.07, 6.45) is 8.68. The maximum Gasteiger partial charge on any atom is 0.226 e. The maximum atomic E-state index is 13.4. The predicted octanol–water partition coefficient (Wildman–Crippen LogP) is 4.56. The molecular weight excluding hydrogens is 301 g/mol. The summed E-state index contributed by atoms with van der Waals surface area (Å²) in [5.74, 6) is 3.59. The smallest absolute Gasteiger partial charge is 0.226 e. The molecule has 1 heterocycles. The normalized spacial score (nSPS) is 40.3. The van der Waals surface area contributed by atoms with Gasteiger partial charge in [0.1, 0.15) is 5.82 Å². The molecule has 128 valence electrons. The van der Waals surface area contributed by atoms with Gasteiger partial charge in [-0.25, -0.2) is 4.39 Å². The van der Waals surface area contributed by atoms with Crippen molar-refractivity contribution in [2.24, 2.45) is 29.6 Å². The highest BCUT2D eigenvalue weighted by atomic mass is 19.1. The van der Waals surface area contributed by atoms with E-state index in [1.807, 2.05) is 12.1 Å². The van der Waals surface area contributed by atoms with Crippen LogP contribution in [-0.2, 0) is 4.79 Å². The van der Waals surface area contributed by atoms with Crippen LogP contribution in [0.1, 0.15) is 56.6 Å². The highest BCUT2D eigenvalue weighted by molar-refractivity contribution is 5.80. The zero-order valence-corrected chi connectivity index (χ0v) is 14.2. The molecule has 6 rings (SSSR count). The summed E-state index contributed by atoms with van der Waals surface area (Å²) in [4.78, 5) is 15.6. The van der Waals surface area contributed by atoms with Crippen LogP contribution >= 0.6 is 0 Å². The highest BCUT2D eigenvalue weighted by Gasteiger charge is 2.52. The molecule has 0 spiro atoms. The number of nitrogens with zero attached hydrogens (tertiary/aromatic N) is 1. The third-order valence-corrected chi connectivity index (χ3v) is 7.30. The van der Waals surface area contributed by atoms with Crippen molar-refractivity contribution in [1.29, 1.82) is 0 Å². The summed E-state index contributed by atoms with van der Waals surface area (Å²) in [6, 6.07) is 6.94. The second-order valence-electron chi connectivity index (χ2n) is 8.70. The Morgan fingerprint density at radius 2 is 1.58 bits per heavy atom. The second kappa shape index (κ2) is 5.57. The molecule has 5 fully saturated rings. The Labute approximate surface area is 143 Å². The molecule has 4 saturated carbocycles. The van der Waals surface area contributed by atoms with Gasteiger partial charge in [-0.05, 0) is 86.3 Å². The molecule has 1 unspecified atom stereocenters. The lowest BCUT2D eigenvalue weighted by Crippen LogP contribution is -2.51. The SMILES string of the molecule is O=C(C1C2CC3CC(C2)CC1C3)N1CCCC1c1ccc(F)cc1. The molecule has 1 saturated heterocycles. The Morgan fingerprint density at radius 1 is 0.958 bits per heavy atom. The third-order valence-electron chi connectivity index (χ3n) is 7.30.